The molecule has 0 aliphatic carbocycles. The van der Waals surface area contributed by atoms with Crippen LogP contribution in [0.25, 0.3) is 0 Å². The predicted octanol–water partition coefficient (Wildman–Crippen LogP) is 7.51. The van der Waals surface area contributed by atoms with Crippen molar-refractivity contribution in [3.8, 4) is 0 Å². The SMILES string of the molecule is C=C(/C=C\C(=C/C)Nc1ccccc1)N1C(=O)c2ccc(C(=O)Nc3ccc(NC(=CC)/C=C\C)cc3)cc2C1=O. The summed E-state index contributed by atoms with van der Waals surface area (Å²) in [6, 6.07) is 21.4. The molecule has 1 heterocycles. The average Bonchev–Trinajstić information content (AvgIpc) is 3.24. The Morgan fingerprint density at radius 1 is 0.683 bits per heavy atom. The van der Waals surface area contributed by atoms with Crippen LogP contribution in [0.2, 0.25) is 0 Å². The van der Waals surface area contributed by atoms with E-state index in [2.05, 4.69) is 22.5 Å². The second-order valence-corrected chi connectivity index (χ2v) is 9.17. The zero-order valence-corrected chi connectivity index (χ0v) is 23.3. The molecule has 1 aliphatic heterocycles. The summed E-state index contributed by atoms with van der Waals surface area (Å²) in [5, 5.41) is 9.40. The standard InChI is InChI=1S/C34H32N4O3/c1-5-11-25(6-2)35-28-17-19-29(20-18-28)37-32(39)24-15-21-30-31(22-24)34(41)38(33(30)40)23(4)14-16-26(7-3)36-27-12-9-8-10-13-27/h5-22,35-36H,4H2,1-3H3,(H,37,39)/b11-5-,16-14-,25-6?,26-7+. The molecule has 0 aromatic heterocycles. The highest BCUT2D eigenvalue weighted by Crippen LogP contribution is 2.28. The minimum atomic E-state index is -0.524. The maximum Gasteiger partial charge on any atom is 0.266 e. The largest absolute Gasteiger partial charge is 0.356 e. The summed E-state index contributed by atoms with van der Waals surface area (Å²) in [5.74, 6) is -1.39. The Morgan fingerprint density at radius 2 is 1.24 bits per heavy atom. The molecule has 0 spiro atoms. The Balaban J connectivity index is 1.43. The van der Waals surface area contributed by atoms with Gasteiger partial charge in [0, 0.05) is 39.7 Å². The fraction of sp³-hybridized carbons (Fsp3) is 0.0882. The molecule has 0 saturated carbocycles. The molecule has 0 unspecified atom stereocenters. The number of amides is 3. The number of nitrogens with one attached hydrogen (secondary N) is 3. The summed E-state index contributed by atoms with van der Waals surface area (Å²) in [6.07, 6.45) is 11.1. The number of fused-ring (bicyclic) bond motifs is 1. The van der Waals surface area contributed by atoms with Crippen LogP contribution in [-0.2, 0) is 0 Å². The lowest BCUT2D eigenvalue weighted by molar-refractivity contribution is 0.0710. The van der Waals surface area contributed by atoms with Crippen LogP contribution in [0.1, 0.15) is 51.8 Å². The van der Waals surface area contributed by atoms with Crippen molar-refractivity contribution in [3.63, 3.8) is 0 Å². The molecule has 41 heavy (non-hydrogen) atoms. The van der Waals surface area contributed by atoms with E-state index in [-0.39, 0.29) is 22.4 Å². The summed E-state index contributed by atoms with van der Waals surface area (Å²) < 4.78 is 0. The highest BCUT2D eigenvalue weighted by molar-refractivity contribution is 6.23. The van der Waals surface area contributed by atoms with Gasteiger partial charge in [0.15, 0.2) is 0 Å². The molecule has 3 aromatic carbocycles. The maximum atomic E-state index is 13.2. The first kappa shape index (κ1) is 28.6. The highest BCUT2D eigenvalue weighted by atomic mass is 16.2. The Morgan fingerprint density at radius 3 is 1.85 bits per heavy atom. The van der Waals surface area contributed by atoms with Crippen LogP contribution in [0.3, 0.4) is 0 Å². The fourth-order valence-electron chi connectivity index (χ4n) is 4.20. The third-order valence-corrected chi connectivity index (χ3v) is 6.35. The Kier molecular flexibility index (Phi) is 9.12. The number of allylic oxidation sites excluding steroid dienone is 6. The van der Waals surface area contributed by atoms with Crippen LogP contribution in [-0.4, -0.2) is 22.6 Å². The molecule has 0 radical (unpaired) electrons. The molecule has 3 amide bonds. The van der Waals surface area contributed by atoms with E-state index in [4.69, 9.17) is 0 Å². The van der Waals surface area contributed by atoms with E-state index < -0.39 is 17.7 Å². The van der Waals surface area contributed by atoms with Crippen molar-refractivity contribution >= 4 is 34.8 Å². The van der Waals surface area contributed by atoms with Crippen molar-refractivity contribution in [2.24, 2.45) is 0 Å². The van der Waals surface area contributed by atoms with Gasteiger partial charge in [0.1, 0.15) is 0 Å². The second-order valence-electron chi connectivity index (χ2n) is 9.17. The number of hydrogen-bond donors (Lipinski definition) is 3. The van der Waals surface area contributed by atoms with Crippen molar-refractivity contribution in [2.45, 2.75) is 20.8 Å². The van der Waals surface area contributed by atoms with E-state index >= 15 is 0 Å². The summed E-state index contributed by atoms with van der Waals surface area (Å²) in [7, 11) is 0. The third-order valence-electron chi connectivity index (χ3n) is 6.35. The third kappa shape index (κ3) is 6.78. The molecule has 206 valence electrons. The first-order valence-electron chi connectivity index (χ1n) is 13.2. The molecule has 0 atom stereocenters. The van der Waals surface area contributed by atoms with Crippen LogP contribution in [0.4, 0.5) is 17.1 Å². The minimum Gasteiger partial charge on any atom is -0.356 e. The van der Waals surface area contributed by atoms with Gasteiger partial charge in [-0.15, -0.1) is 0 Å². The van der Waals surface area contributed by atoms with E-state index in [9.17, 15) is 14.4 Å². The first-order valence-corrected chi connectivity index (χ1v) is 13.2. The summed E-state index contributed by atoms with van der Waals surface area (Å²) in [4.78, 5) is 40.3. The Bertz CT molecular complexity index is 1600. The van der Waals surface area contributed by atoms with Crippen LogP contribution < -0.4 is 16.0 Å². The van der Waals surface area contributed by atoms with Gasteiger partial charge in [-0.3, -0.25) is 14.4 Å². The number of anilines is 3. The van der Waals surface area contributed by atoms with Crippen LogP contribution in [0.15, 0.2) is 133 Å². The topological polar surface area (TPSA) is 90.5 Å². The minimum absolute atomic E-state index is 0.160. The Hall–Kier alpha value is -5.43. The molecular formula is C34H32N4O3. The number of carbonyl (C=O) groups is 3. The lowest BCUT2D eigenvalue weighted by Crippen LogP contribution is -2.27. The Labute approximate surface area is 240 Å². The zero-order valence-electron chi connectivity index (χ0n) is 23.3. The molecule has 3 aromatic rings. The van der Waals surface area contributed by atoms with E-state index in [1.165, 1.54) is 18.2 Å². The fourth-order valence-corrected chi connectivity index (χ4v) is 4.20. The van der Waals surface area contributed by atoms with Gasteiger partial charge in [0.05, 0.1) is 11.1 Å². The molecule has 7 heteroatoms. The number of imide groups is 1. The van der Waals surface area contributed by atoms with E-state index in [1.807, 2.05) is 87.5 Å². The van der Waals surface area contributed by atoms with Gasteiger partial charge in [-0.1, -0.05) is 43.0 Å². The molecule has 1 aliphatic rings. The van der Waals surface area contributed by atoms with Crippen molar-refractivity contribution in [1.29, 1.82) is 0 Å². The van der Waals surface area contributed by atoms with Crippen LogP contribution in [0.5, 0.6) is 0 Å². The number of para-hydroxylation sites is 1. The van der Waals surface area contributed by atoms with Gasteiger partial charge in [-0.25, -0.2) is 4.90 Å². The number of hydrogen-bond acceptors (Lipinski definition) is 5. The van der Waals surface area contributed by atoms with Crippen molar-refractivity contribution < 1.29 is 14.4 Å². The molecule has 0 saturated heterocycles. The second kappa shape index (κ2) is 13.1. The first-order chi connectivity index (χ1) is 19.8. The highest BCUT2D eigenvalue weighted by Gasteiger charge is 2.37. The number of nitrogens with zero attached hydrogens (tertiary/aromatic N) is 1. The maximum absolute atomic E-state index is 13.2. The smallest absolute Gasteiger partial charge is 0.266 e. The van der Waals surface area contributed by atoms with Crippen LogP contribution >= 0.6 is 0 Å². The van der Waals surface area contributed by atoms with Gasteiger partial charge in [-0.05, 0) is 93.6 Å². The zero-order chi connectivity index (χ0) is 29.4. The van der Waals surface area contributed by atoms with Gasteiger partial charge in [0.2, 0.25) is 0 Å². The summed E-state index contributed by atoms with van der Waals surface area (Å²) >= 11 is 0. The van der Waals surface area contributed by atoms with Crippen molar-refractivity contribution in [2.75, 3.05) is 16.0 Å². The van der Waals surface area contributed by atoms with E-state index in [0.717, 1.165) is 27.7 Å². The lowest BCUT2D eigenvalue weighted by atomic mass is 10.1. The van der Waals surface area contributed by atoms with Crippen molar-refractivity contribution in [1.82, 2.24) is 4.90 Å². The number of rotatable bonds is 10. The average molecular weight is 545 g/mol. The quantitative estimate of drug-likeness (QED) is 0.181. The molecule has 7 nitrogen and oxygen atoms in total. The van der Waals surface area contributed by atoms with Gasteiger partial charge >= 0.3 is 0 Å². The van der Waals surface area contributed by atoms with Gasteiger partial charge in [-0.2, -0.15) is 0 Å². The summed E-state index contributed by atoms with van der Waals surface area (Å²) in [5.41, 5.74) is 4.99. The van der Waals surface area contributed by atoms with Crippen molar-refractivity contribution in [3.05, 3.63) is 150 Å². The number of carbonyl (C=O) groups excluding carboxylic acids is 3. The summed E-state index contributed by atoms with van der Waals surface area (Å²) in [6.45, 7) is 9.71. The van der Waals surface area contributed by atoms with Gasteiger partial charge in [0.25, 0.3) is 17.7 Å². The molecule has 4 rings (SSSR count). The molecule has 3 N–H and O–H groups in total. The van der Waals surface area contributed by atoms with E-state index in [0.29, 0.717) is 5.69 Å². The molecular weight excluding hydrogens is 512 g/mol. The van der Waals surface area contributed by atoms with E-state index in [1.54, 1.807) is 24.3 Å². The van der Waals surface area contributed by atoms with Gasteiger partial charge < -0.3 is 16.0 Å². The molecule has 0 fully saturated rings. The monoisotopic (exact) mass is 544 g/mol. The predicted molar refractivity (Wildman–Crippen MR) is 166 cm³/mol. The normalized spacial score (nSPS) is 13.6. The number of benzene rings is 3. The lowest BCUT2D eigenvalue weighted by Gasteiger charge is -2.14. The van der Waals surface area contributed by atoms with Crippen LogP contribution in [0, 0.1) is 0 Å². The molecule has 0 bridgehead atoms.